The molecule has 23 N–H and O–H groups in total. The number of nitrogens with one attached hydrogen (secondary N) is 16. The predicted octanol–water partition coefficient (Wildman–Crippen LogP) is 1.19. The fourth-order valence-corrected chi connectivity index (χ4v) is 14.4. The van der Waals surface area contributed by atoms with Gasteiger partial charge in [-0.1, -0.05) is 137 Å². The molecule has 9 rings (SSSR count). The molecular formula is C85H104N18O16S. The Balaban J connectivity index is 1.08. The van der Waals surface area contributed by atoms with E-state index in [4.69, 9.17) is 16.9 Å². The summed E-state index contributed by atoms with van der Waals surface area (Å²) in [4.78, 5) is 197. The summed E-state index contributed by atoms with van der Waals surface area (Å²) in [7, 11) is 0. The molecular weight excluding hydrogens is 1560 g/mol. The maximum absolute atomic E-state index is 15.2. The fraction of sp³-hybridized carbons (Fsp3) is 0.365. The van der Waals surface area contributed by atoms with Crippen molar-refractivity contribution < 1.29 is 77.6 Å². The zero-order valence-corrected chi connectivity index (χ0v) is 67.8. The lowest BCUT2D eigenvalue weighted by Crippen LogP contribution is -2.61. The van der Waals surface area contributed by atoms with Crippen LogP contribution in [0.2, 0.25) is 0 Å². The van der Waals surface area contributed by atoms with Crippen LogP contribution in [0.4, 0.5) is 0 Å². The summed E-state index contributed by atoms with van der Waals surface area (Å²) in [6, 6.07) is 23.4. The zero-order valence-electron chi connectivity index (χ0n) is 67.0. The smallest absolute Gasteiger partial charge is 0.243 e. The number of amides is 13. The van der Waals surface area contributed by atoms with Gasteiger partial charge < -0.3 is 106 Å². The number of aromatic hydroxyl groups is 3. The van der Waals surface area contributed by atoms with Crippen molar-refractivity contribution in [1.82, 2.24) is 79.1 Å². The van der Waals surface area contributed by atoms with Crippen LogP contribution in [0.5, 0.6) is 17.2 Å². The molecule has 1 saturated heterocycles. The predicted molar refractivity (Wildman–Crippen MR) is 449 cm³/mol. The van der Waals surface area contributed by atoms with Crippen LogP contribution in [0.15, 0.2) is 164 Å². The second kappa shape index (κ2) is 43.7. The number of guanidine groups is 1. The molecule has 2 aromatic heterocycles. The first-order valence-electron chi connectivity index (χ1n) is 39.4. The molecule has 34 nitrogen and oxygen atoms in total. The van der Waals surface area contributed by atoms with Crippen molar-refractivity contribution >= 4 is 116 Å². The number of carbonyl (C=O) groups is 13. The third-order valence-electron chi connectivity index (χ3n) is 20.5. The molecule has 8 aromatic rings. The lowest BCUT2D eigenvalue weighted by Gasteiger charge is -2.30. The van der Waals surface area contributed by atoms with E-state index in [1.807, 2.05) is 12.1 Å². The lowest BCUT2D eigenvalue weighted by molar-refractivity contribution is -0.136. The molecule has 0 aliphatic carbocycles. The largest absolute Gasteiger partial charge is 0.508 e. The lowest BCUT2D eigenvalue weighted by atomic mass is 9.95. The minimum Gasteiger partial charge on any atom is -0.508 e. The molecule has 0 unspecified atom stereocenters. The molecule has 0 radical (unpaired) electrons. The van der Waals surface area contributed by atoms with E-state index in [1.54, 1.807) is 107 Å². The highest BCUT2D eigenvalue weighted by molar-refractivity contribution is 8.00. The first-order valence-corrected chi connectivity index (χ1v) is 40.6. The van der Waals surface area contributed by atoms with Gasteiger partial charge in [0, 0.05) is 85.0 Å². The average Bonchev–Trinajstić information content (AvgIpc) is 1.43. The van der Waals surface area contributed by atoms with E-state index in [0.717, 1.165) is 11.8 Å². The van der Waals surface area contributed by atoms with Gasteiger partial charge in [-0.25, -0.2) is 0 Å². The maximum atomic E-state index is 15.2. The highest BCUT2D eigenvalue weighted by Gasteiger charge is 2.39. The van der Waals surface area contributed by atoms with Gasteiger partial charge in [-0.3, -0.25) is 67.7 Å². The molecule has 6 aromatic carbocycles. The van der Waals surface area contributed by atoms with Crippen molar-refractivity contribution in [3.8, 4) is 17.2 Å². The highest BCUT2D eigenvalue weighted by atomic mass is 32.2. The van der Waals surface area contributed by atoms with Crippen molar-refractivity contribution in [2.24, 2.45) is 23.3 Å². The molecule has 0 saturated carbocycles. The Labute approximate surface area is 696 Å². The van der Waals surface area contributed by atoms with Crippen LogP contribution in [-0.2, 0) is 101 Å². The maximum Gasteiger partial charge on any atom is 0.243 e. The number of carbonyl (C=O) groups excluding carboxylic acids is 13. The molecule has 12 atom stereocenters. The number of H-pyrrole nitrogens is 2. The Kier molecular flexibility index (Phi) is 32.9. The van der Waals surface area contributed by atoms with Crippen LogP contribution in [0.3, 0.4) is 0 Å². The summed E-state index contributed by atoms with van der Waals surface area (Å²) < 4.78 is 0. The third kappa shape index (κ3) is 26.8. The highest BCUT2D eigenvalue weighted by Crippen LogP contribution is 2.24. The molecule has 1 aliphatic heterocycles. The summed E-state index contributed by atoms with van der Waals surface area (Å²) >= 11 is 0.856. The normalized spacial score (nSPS) is 22.3. The van der Waals surface area contributed by atoms with E-state index in [9.17, 15) is 48.9 Å². The number of phenolic OH excluding ortho intramolecular Hbond substituents is 3. The number of aromatic amines is 2. The van der Waals surface area contributed by atoms with Gasteiger partial charge in [-0.15, -0.1) is 11.8 Å². The second-order valence-electron chi connectivity index (χ2n) is 30.0. The Hall–Kier alpha value is -13.5. The SMILES string of the molecule is CC[C@H](C)[C@@H]1NC(=O)[C@H](Cc2ccccc2)NC(=O)CSC[C@@H](C(N)=O)NC(=O)[C@H](C)NC(=O)[C@H](Cc2ccc(O)cc2)NC(=O)[C@H](Cc2ccc(O)cc2)NC(=O)[C@H](Cc2c[nH]c3ccccc23)NC(=O)CNC(=O)[C@H](Cc2ccc(O)cc2)NC(=O)[C@H](CCCNC(=N)N)NC(=O)[C@H](C(C)C)NC(=O)[C@H](Cc2c[nH]c3ccccc23)NC1=O. The number of hydrogen-bond acceptors (Lipinski definition) is 18. The molecule has 0 spiro atoms. The molecule has 13 amide bonds. The number of nitrogens with two attached hydrogens (primary N) is 2. The summed E-state index contributed by atoms with van der Waals surface area (Å²) in [6.45, 7) is 7.19. The van der Waals surface area contributed by atoms with Crippen molar-refractivity contribution in [3.05, 3.63) is 197 Å². The van der Waals surface area contributed by atoms with Crippen LogP contribution < -0.4 is 80.6 Å². The monoisotopic (exact) mass is 1660 g/mol. The van der Waals surface area contributed by atoms with Crippen molar-refractivity contribution in [2.45, 2.75) is 159 Å². The number of primary amides is 1. The van der Waals surface area contributed by atoms with E-state index >= 15 is 28.8 Å². The van der Waals surface area contributed by atoms with Gasteiger partial charge in [0.1, 0.15) is 83.7 Å². The zero-order chi connectivity index (χ0) is 86.7. The Morgan fingerprint density at radius 1 is 0.450 bits per heavy atom. The van der Waals surface area contributed by atoms with Crippen LogP contribution in [0, 0.1) is 17.2 Å². The van der Waals surface area contributed by atoms with Gasteiger partial charge in [0.2, 0.25) is 76.8 Å². The van der Waals surface area contributed by atoms with Gasteiger partial charge in [-0.05, 0) is 114 Å². The van der Waals surface area contributed by atoms with Crippen molar-refractivity contribution in [3.63, 3.8) is 0 Å². The van der Waals surface area contributed by atoms with Gasteiger partial charge in [-0.2, -0.15) is 0 Å². The molecule has 120 heavy (non-hydrogen) atoms. The number of hydrogen-bond donors (Lipinski definition) is 21. The number of para-hydroxylation sites is 2. The number of aromatic nitrogens is 2. The van der Waals surface area contributed by atoms with Crippen LogP contribution in [0.25, 0.3) is 21.8 Å². The van der Waals surface area contributed by atoms with E-state index in [0.29, 0.717) is 61.6 Å². The number of fused-ring (bicyclic) bond motifs is 2. The fourth-order valence-electron chi connectivity index (χ4n) is 13.5. The summed E-state index contributed by atoms with van der Waals surface area (Å²) in [6.07, 6.45) is 2.09. The van der Waals surface area contributed by atoms with Crippen molar-refractivity contribution in [1.29, 1.82) is 5.41 Å². The van der Waals surface area contributed by atoms with Crippen LogP contribution >= 0.6 is 11.8 Å². The quantitative estimate of drug-likeness (QED) is 0.0289. The average molecular weight is 1670 g/mol. The Morgan fingerprint density at radius 2 is 0.842 bits per heavy atom. The number of phenols is 3. The standard InChI is InChI=1S/C85H104N18O16S/c1-6-47(4)73-84(119)100-68(40-54-42-91-61-20-13-11-18-59(54)61)82(117)102-72(46(2)3)83(118)96-62(21-14-34-89-85(87)88)77(112)97-63(36-50-22-28-55(104)29-23-50)76(111)92-43-70(107)94-67(39-53-41-90-60-19-12-10-17-58(53)60)80(115)99-66(38-52-26-32-57(106)33-27-52)79(114)98-65(37-51-24-30-56(105)31-25-51)78(113)93-48(5)75(110)101-69(74(86)109)44-120-45-71(108)95-64(81(116)103-73)35-49-15-8-7-9-16-49/h7-13,15-20,22-33,41-42,46-48,62-69,72-73,90-91,104-106H,6,14,21,34-40,43-45H2,1-5H3,(H2,86,109)(H,92,111)(H,93,113)(H,94,107)(H,95,108)(H,96,118)(H,97,112)(H,98,114)(H,99,115)(H,100,119)(H,101,110)(H,102,117)(H,103,116)(H4,87,88,89)/t47-,48-,62-,63-,64-,65-,66-,67-,68-,69-,72-,73-/m0/s1. The minimum atomic E-state index is -1.60. The summed E-state index contributed by atoms with van der Waals surface area (Å²) in [5.74, 6) is -14.7. The minimum absolute atomic E-state index is 0.0229. The molecule has 1 aliphatic rings. The van der Waals surface area contributed by atoms with E-state index < -0.39 is 173 Å². The molecule has 636 valence electrons. The van der Waals surface area contributed by atoms with Gasteiger partial charge in [0.25, 0.3) is 0 Å². The molecule has 0 bridgehead atoms. The number of benzene rings is 6. The van der Waals surface area contributed by atoms with Crippen LogP contribution in [0.1, 0.15) is 87.3 Å². The number of thioether (sulfide) groups is 1. The Bertz CT molecular complexity index is 4950. The van der Waals surface area contributed by atoms with Gasteiger partial charge in [0.05, 0.1) is 12.3 Å². The van der Waals surface area contributed by atoms with Gasteiger partial charge >= 0.3 is 0 Å². The van der Waals surface area contributed by atoms with Gasteiger partial charge in [0.15, 0.2) is 5.96 Å². The van der Waals surface area contributed by atoms with E-state index in [-0.39, 0.29) is 80.9 Å². The third-order valence-corrected chi connectivity index (χ3v) is 21.5. The Morgan fingerprint density at radius 3 is 1.32 bits per heavy atom. The summed E-state index contributed by atoms with van der Waals surface area (Å²) in [5.41, 5.74) is 15.7. The molecule has 1 fully saturated rings. The summed E-state index contributed by atoms with van der Waals surface area (Å²) in [5, 5.41) is 75.2. The second-order valence-corrected chi connectivity index (χ2v) is 31.0. The van der Waals surface area contributed by atoms with E-state index in [2.05, 4.69) is 79.1 Å². The van der Waals surface area contributed by atoms with E-state index in [1.165, 1.54) is 79.7 Å². The molecule has 35 heteroatoms. The first-order chi connectivity index (χ1) is 57.4. The first kappa shape index (κ1) is 90.4. The topological polar surface area (TPSA) is 546 Å². The van der Waals surface area contributed by atoms with Crippen molar-refractivity contribution in [2.75, 3.05) is 24.6 Å². The number of rotatable bonds is 20. The van der Waals surface area contributed by atoms with Crippen LogP contribution in [-0.4, -0.2) is 199 Å². The molecule has 3 heterocycles.